The van der Waals surface area contributed by atoms with Crippen LogP contribution in [0.1, 0.15) is 44.4 Å². The van der Waals surface area contributed by atoms with E-state index in [-0.39, 0.29) is 5.41 Å². The van der Waals surface area contributed by atoms with Crippen LogP contribution in [-0.4, -0.2) is 7.11 Å². The molecule has 0 fully saturated rings. The second-order valence-electron chi connectivity index (χ2n) is 7.61. The maximum atomic E-state index is 5.19. The predicted molar refractivity (Wildman–Crippen MR) is 104 cm³/mol. The lowest BCUT2D eigenvalue weighted by Gasteiger charge is -2.19. The maximum absolute atomic E-state index is 5.19. The topological polar surface area (TPSA) is 9.23 Å². The zero-order valence-electron chi connectivity index (χ0n) is 15.7. The van der Waals surface area contributed by atoms with Gasteiger partial charge < -0.3 is 4.74 Å². The lowest BCUT2D eigenvalue weighted by Crippen LogP contribution is -2.10. The van der Waals surface area contributed by atoms with Crippen LogP contribution in [0.3, 0.4) is 0 Å². The van der Waals surface area contributed by atoms with E-state index in [0.29, 0.717) is 5.92 Å². The van der Waals surface area contributed by atoms with E-state index in [1.54, 1.807) is 7.11 Å². The molecule has 0 N–H and O–H groups in total. The minimum absolute atomic E-state index is 0.225. The van der Waals surface area contributed by atoms with Crippen LogP contribution in [0.15, 0.2) is 60.7 Å². The van der Waals surface area contributed by atoms with Crippen molar-refractivity contribution in [2.24, 2.45) is 5.92 Å². The molecule has 2 rings (SSSR count). The fourth-order valence-electron chi connectivity index (χ4n) is 2.78. The summed E-state index contributed by atoms with van der Waals surface area (Å²) < 4.78 is 5.19. The van der Waals surface area contributed by atoms with Crippen molar-refractivity contribution in [3.63, 3.8) is 0 Å². The Kier molecular flexibility index (Phi) is 6.25. The number of rotatable bonds is 6. The monoisotopic (exact) mass is 322 g/mol. The van der Waals surface area contributed by atoms with Crippen molar-refractivity contribution in [3.05, 3.63) is 77.4 Å². The summed E-state index contributed by atoms with van der Waals surface area (Å²) in [5, 5.41) is 0. The molecule has 0 heterocycles. The zero-order valence-corrected chi connectivity index (χ0v) is 15.7. The summed E-state index contributed by atoms with van der Waals surface area (Å²) in [6, 6.07) is 17.4. The second-order valence-corrected chi connectivity index (χ2v) is 7.61. The molecular formula is C23H30O. The molecule has 1 atom stereocenters. The molecule has 0 spiro atoms. The van der Waals surface area contributed by atoms with Gasteiger partial charge in [-0.2, -0.15) is 0 Å². The van der Waals surface area contributed by atoms with Crippen molar-refractivity contribution in [3.8, 4) is 5.75 Å². The van der Waals surface area contributed by atoms with E-state index in [0.717, 1.165) is 18.6 Å². The molecule has 0 bridgehead atoms. The number of allylic oxidation sites excluding steroid dienone is 2. The van der Waals surface area contributed by atoms with Crippen LogP contribution in [0.2, 0.25) is 0 Å². The average Bonchev–Trinajstić information content (AvgIpc) is 2.55. The molecule has 0 aliphatic carbocycles. The molecule has 0 saturated heterocycles. The Hall–Kier alpha value is -2.02. The van der Waals surface area contributed by atoms with Crippen LogP contribution in [-0.2, 0) is 18.3 Å². The summed E-state index contributed by atoms with van der Waals surface area (Å²) >= 11 is 0. The highest BCUT2D eigenvalue weighted by Gasteiger charge is 2.12. The molecule has 1 nitrogen and oxygen atoms in total. The van der Waals surface area contributed by atoms with Gasteiger partial charge in [-0.3, -0.25) is 0 Å². The first kappa shape index (κ1) is 18.3. The molecule has 0 aromatic heterocycles. The fourth-order valence-corrected chi connectivity index (χ4v) is 2.78. The van der Waals surface area contributed by atoms with Crippen molar-refractivity contribution >= 4 is 0 Å². The summed E-state index contributed by atoms with van der Waals surface area (Å²) in [4.78, 5) is 0. The van der Waals surface area contributed by atoms with Gasteiger partial charge in [-0.1, -0.05) is 76.2 Å². The lowest BCUT2D eigenvalue weighted by atomic mass is 9.86. The largest absolute Gasteiger partial charge is 0.497 e. The van der Waals surface area contributed by atoms with Gasteiger partial charge in [0.25, 0.3) is 0 Å². The summed E-state index contributed by atoms with van der Waals surface area (Å²) in [6.07, 6.45) is 6.65. The molecule has 24 heavy (non-hydrogen) atoms. The van der Waals surface area contributed by atoms with E-state index in [4.69, 9.17) is 4.74 Å². The van der Waals surface area contributed by atoms with Crippen molar-refractivity contribution < 1.29 is 4.74 Å². The quantitative estimate of drug-likeness (QED) is 0.595. The molecule has 2 aromatic carbocycles. The fraction of sp³-hybridized carbons (Fsp3) is 0.391. The van der Waals surface area contributed by atoms with Crippen LogP contribution >= 0.6 is 0 Å². The highest BCUT2D eigenvalue weighted by Crippen LogP contribution is 2.23. The SMILES string of the molecule is COc1ccc(CC=CC(C)Cc2ccc(C(C)(C)C)cc2)cc1. The Balaban J connectivity index is 1.86. The molecular weight excluding hydrogens is 292 g/mol. The Bertz CT molecular complexity index is 642. The van der Waals surface area contributed by atoms with E-state index in [1.807, 2.05) is 12.1 Å². The van der Waals surface area contributed by atoms with Crippen LogP contribution in [0.4, 0.5) is 0 Å². The van der Waals surface area contributed by atoms with Gasteiger partial charge >= 0.3 is 0 Å². The molecule has 0 saturated carbocycles. The predicted octanol–water partition coefficient (Wildman–Crippen LogP) is 5.97. The highest BCUT2D eigenvalue weighted by atomic mass is 16.5. The first-order valence-corrected chi connectivity index (χ1v) is 8.77. The third-order valence-corrected chi connectivity index (χ3v) is 4.35. The first-order valence-electron chi connectivity index (χ1n) is 8.77. The van der Waals surface area contributed by atoms with Crippen molar-refractivity contribution in [1.82, 2.24) is 0 Å². The van der Waals surface area contributed by atoms with Crippen LogP contribution < -0.4 is 4.74 Å². The molecule has 2 aromatic rings. The zero-order chi connectivity index (χ0) is 17.6. The average molecular weight is 322 g/mol. The Morgan fingerprint density at radius 1 is 0.917 bits per heavy atom. The van der Waals surface area contributed by atoms with E-state index in [1.165, 1.54) is 16.7 Å². The van der Waals surface area contributed by atoms with Crippen LogP contribution in [0.25, 0.3) is 0 Å². The van der Waals surface area contributed by atoms with Gasteiger partial charge in [-0.25, -0.2) is 0 Å². The van der Waals surface area contributed by atoms with Gasteiger partial charge in [0.15, 0.2) is 0 Å². The number of ether oxygens (including phenoxy) is 1. The smallest absolute Gasteiger partial charge is 0.118 e. The van der Waals surface area contributed by atoms with Crippen LogP contribution in [0, 0.1) is 5.92 Å². The standard InChI is InChI=1S/C23H30O/c1-18(7-6-8-19-11-15-22(24-5)16-12-19)17-20-9-13-21(14-10-20)23(2,3)4/h6-7,9-16,18H,8,17H2,1-5H3. The number of hydrogen-bond donors (Lipinski definition) is 0. The van der Waals surface area contributed by atoms with Gasteiger partial charge in [0.2, 0.25) is 0 Å². The van der Waals surface area contributed by atoms with Crippen molar-refractivity contribution in [1.29, 1.82) is 0 Å². The molecule has 0 aliphatic rings. The summed E-state index contributed by atoms with van der Waals surface area (Å²) in [7, 11) is 1.70. The second kappa shape index (κ2) is 8.19. The first-order chi connectivity index (χ1) is 11.4. The van der Waals surface area contributed by atoms with Gasteiger partial charge in [0.1, 0.15) is 5.75 Å². The number of methoxy groups -OCH3 is 1. The summed E-state index contributed by atoms with van der Waals surface area (Å²) in [5.41, 5.74) is 4.34. The van der Waals surface area contributed by atoms with Gasteiger partial charge in [-0.05, 0) is 53.0 Å². The number of benzene rings is 2. The minimum Gasteiger partial charge on any atom is -0.497 e. The summed E-state index contributed by atoms with van der Waals surface area (Å²) in [5.74, 6) is 1.46. The minimum atomic E-state index is 0.225. The van der Waals surface area contributed by atoms with Crippen molar-refractivity contribution in [2.75, 3.05) is 7.11 Å². The molecule has 0 amide bonds. The third kappa shape index (κ3) is 5.56. The third-order valence-electron chi connectivity index (χ3n) is 4.35. The Labute approximate surface area is 147 Å². The lowest BCUT2D eigenvalue weighted by molar-refractivity contribution is 0.414. The van der Waals surface area contributed by atoms with E-state index >= 15 is 0 Å². The maximum Gasteiger partial charge on any atom is 0.118 e. The summed E-state index contributed by atoms with van der Waals surface area (Å²) in [6.45, 7) is 9.05. The van der Waals surface area contributed by atoms with E-state index in [9.17, 15) is 0 Å². The van der Waals surface area contributed by atoms with Gasteiger partial charge in [0.05, 0.1) is 7.11 Å². The molecule has 1 unspecified atom stereocenters. The van der Waals surface area contributed by atoms with Gasteiger partial charge in [0, 0.05) is 0 Å². The highest BCUT2D eigenvalue weighted by molar-refractivity contribution is 5.29. The van der Waals surface area contributed by atoms with Crippen molar-refractivity contribution in [2.45, 2.75) is 46.0 Å². The Morgan fingerprint density at radius 3 is 2.04 bits per heavy atom. The molecule has 0 aliphatic heterocycles. The van der Waals surface area contributed by atoms with Crippen LogP contribution in [0.5, 0.6) is 5.75 Å². The van der Waals surface area contributed by atoms with E-state index < -0.39 is 0 Å². The normalized spacial score (nSPS) is 13.2. The molecule has 128 valence electrons. The van der Waals surface area contributed by atoms with Gasteiger partial charge in [-0.15, -0.1) is 0 Å². The number of hydrogen-bond acceptors (Lipinski definition) is 1. The molecule has 1 heteroatoms. The Morgan fingerprint density at radius 2 is 1.50 bits per heavy atom. The van der Waals surface area contributed by atoms with E-state index in [2.05, 4.69) is 76.2 Å². The molecule has 0 radical (unpaired) electrons.